The van der Waals surface area contributed by atoms with Gasteiger partial charge in [0.15, 0.2) is 0 Å². The van der Waals surface area contributed by atoms with Crippen molar-refractivity contribution in [3.05, 3.63) is 42.3 Å². The van der Waals surface area contributed by atoms with Crippen molar-refractivity contribution >= 4 is 11.8 Å². The quantitative estimate of drug-likeness (QED) is 0.444. The maximum absolute atomic E-state index is 11.3. The average molecular weight is 440 g/mol. The molecule has 0 spiro atoms. The van der Waals surface area contributed by atoms with Crippen LogP contribution in [0.15, 0.2) is 24.3 Å². The van der Waals surface area contributed by atoms with Crippen LogP contribution in [0.4, 0.5) is 0 Å². The Morgan fingerprint density at radius 1 is 1.12 bits per heavy atom. The van der Waals surface area contributed by atoms with E-state index in [1.54, 1.807) is 0 Å². The molecule has 6 nitrogen and oxygen atoms in total. The first-order valence-corrected chi connectivity index (χ1v) is 8.29. The number of carbonyl (C=O) groups excluding carboxylic acids is 2. The molecule has 145 valence electrons. The van der Waals surface area contributed by atoms with Crippen LogP contribution in [0, 0.1) is 19.3 Å². The van der Waals surface area contributed by atoms with Gasteiger partial charge in [-0.3, -0.25) is 4.79 Å². The van der Waals surface area contributed by atoms with Crippen LogP contribution in [-0.2, 0) is 53.6 Å². The summed E-state index contributed by atoms with van der Waals surface area (Å²) in [6.45, 7) is 12.7. The fourth-order valence-electron chi connectivity index (χ4n) is 1.58. The van der Waals surface area contributed by atoms with Crippen molar-refractivity contribution in [2.24, 2.45) is 5.41 Å². The van der Waals surface area contributed by atoms with E-state index in [9.17, 15) is 9.59 Å². The second-order valence-electron chi connectivity index (χ2n) is 6.60. The summed E-state index contributed by atoms with van der Waals surface area (Å²) in [7, 11) is 0. The van der Waals surface area contributed by atoms with Gasteiger partial charge in [0.05, 0.1) is 25.7 Å². The van der Waals surface area contributed by atoms with Gasteiger partial charge in [-0.05, 0) is 12.5 Å². The molecule has 0 saturated heterocycles. The van der Waals surface area contributed by atoms with Crippen LogP contribution < -0.4 is 10.6 Å². The molecule has 0 aliphatic heterocycles. The molecule has 0 unspecified atom stereocenters. The van der Waals surface area contributed by atoms with Gasteiger partial charge >= 0.3 is 0 Å². The zero-order valence-electron chi connectivity index (χ0n) is 16.3. The third-order valence-electron chi connectivity index (χ3n) is 3.06. The maximum atomic E-state index is 11.3. The van der Waals surface area contributed by atoms with Crippen molar-refractivity contribution in [2.75, 3.05) is 26.4 Å². The number of hydrogen-bond acceptors (Lipinski definition) is 4. The van der Waals surface area contributed by atoms with E-state index in [0.29, 0.717) is 26.3 Å². The molecule has 2 amide bonds. The molecule has 3 N–H and O–H groups in total. The summed E-state index contributed by atoms with van der Waals surface area (Å²) in [6, 6.07) is 8.02. The van der Waals surface area contributed by atoms with Crippen LogP contribution >= 0.6 is 0 Å². The Balaban J connectivity index is 0. The molecule has 1 aromatic carbocycles. The van der Waals surface area contributed by atoms with E-state index in [-0.39, 0.29) is 56.5 Å². The molecule has 0 heterocycles. The van der Waals surface area contributed by atoms with Gasteiger partial charge in [-0.25, -0.2) is 0 Å². The summed E-state index contributed by atoms with van der Waals surface area (Å²) >= 11 is 0. The molecule has 0 aromatic heterocycles. The number of aliphatic hydroxyl groups excluding tert-OH is 1. The number of nitrogens with one attached hydrogen (secondary N) is 2. The van der Waals surface area contributed by atoms with Crippen molar-refractivity contribution < 1.29 is 52.1 Å². The Morgan fingerprint density at radius 3 is 2.15 bits per heavy atom. The van der Waals surface area contributed by atoms with Gasteiger partial charge in [-0.15, -0.1) is 0 Å². The van der Waals surface area contributed by atoms with Crippen molar-refractivity contribution in [3.63, 3.8) is 0 Å². The predicted octanol–water partition coefficient (Wildman–Crippen LogP) is 1.60. The average Bonchev–Trinajstić information content (AvgIpc) is 2.53. The van der Waals surface area contributed by atoms with Gasteiger partial charge in [0.25, 0.3) is 0 Å². The van der Waals surface area contributed by atoms with Gasteiger partial charge in [-0.2, -0.15) is 0 Å². The van der Waals surface area contributed by atoms with E-state index in [2.05, 4.69) is 17.6 Å². The van der Waals surface area contributed by atoms with Gasteiger partial charge < -0.3 is 32.2 Å². The van der Waals surface area contributed by atoms with Crippen molar-refractivity contribution in [1.82, 2.24) is 10.6 Å². The van der Waals surface area contributed by atoms with Crippen LogP contribution in [0.5, 0.6) is 0 Å². The smallest absolute Gasteiger partial charge is 0.225 e. The van der Waals surface area contributed by atoms with Crippen LogP contribution in [0.25, 0.3) is 0 Å². The molecule has 0 atom stereocenters. The van der Waals surface area contributed by atoms with Gasteiger partial charge in [-0.1, -0.05) is 50.6 Å². The molecule has 0 fully saturated rings. The van der Waals surface area contributed by atoms with Crippen LogP contribution in [-0.4, -0.2) is 43.3 Å². The number of rotatable bonds is 7. The second kappa shape index (κ2) is 15.1. The summed E-state index contributed by atoms with van der Waals surface area (Å²) < 4.78 is 4.98. The SMILES string of the molecule is CC(C)(C)C(=O)NCCOCCO.[CH2-]C(=O)NCc1ccc(C)cc1.[Y]. The largest absolute Gasteiger partial charge is 0.394 e. The third kappa shape index (κ3) is 15.3. The molecule has 7 heteroatoms. The van der Waals surface area contributed by atoms with Crippen molar-refractivity contribution in [3.8, 4) is 0 Å². The van der Waals surface area contributed by atoms with Crippen molar-refractivity contribution in [1.29, 1.82) is 0 Å². The van der Waals surface area contributed by atoms with E-state index < -0.39 is 0 Å². The van der Waals surface area contributed by atoms with Crippen LogP contribution in [0.2, 0.25) is 0 Å². The van der Waals surface area contributed by atoms with E-state index in [1.165, 1.54) is 5.56 Å². The molecule has 0 aliphatic carbocycles. The number of aliphatic hydroxyl groups is 1. The van der Waals surface area contributed by atoms with Crippen LogP contribution in [0.1, 0.15) is 31.9 Å². The molecule has 0 saturated carbocycles. The summed E-state index contributed by atoms with van der Waals surface area (Å²) in [5, 5.41) is 13.8. The summed E-state index contributed by atoms with van der Waals surface area (Å²) in [4.78, 5) is 21.7. The standard InChI is InChI=1S/C10H12NO.C9H19NO3.Y/c1-8-3-5-10(6-4-8)7-11-9(2)12;1-9(2,3)8(12)10-4-6-13-7-5-11;/h3-6H,2,7H2,1H3,(H,11,12);11H,4-7H2,1-3H3,(H,10,12);/q-1;;. The summed E-state index contributed by atoms with van der Waals surface area (Å²) in [5.74, 6) is -0.226. The van der Waals surface area contributed by atoms with E-state index in [1.807, 2.05) is 52.0 Å². The Labute approximate surface area is 182 Å². The monoisotopic (exact) mass is 440 g/mol. The molecule has 0 aliphatic rings. The number of ether oxygens (including phenoxy) is 1. The minimum atomic E-state index is -0.350. The first-order chi connectivity index (χ1) is 11.7. The second-order valence-corrected chi connectivity index (χ2v) is 6.60. The number of carbonyl (C=O) groups is 2. The predicted molar refractivity (Wildman–Crippen MR) is 98.8 cm³/mol. The fourth-order valence-corrected chi connectivity index (χ4v) is 1.58. The number of aryl methyl sites for hydroxylation is 1. The fraction of sp³-hybridized carbons (Fsp3) is 0.526. The number of benzene rings is 1. The molecular weight excluding hydrogens is 409 g/mol. The summed E-state index contributed by atoms with van der Waals surface area (Å²) in [5.41, 5.74) is 1.97. The van der Waals surface area contributed by atoms with E-state index >= 15 is 0 Å². The van der Waals surface area contributed by atoms with Gasteiger partial charge in [0.1, 0.15) is 0 Å². The molecule has 0 bridgehead atoms. The van der Waals surface area contributed by atoms with Crippen molar-refractivity contribution in [2.45, 2.75) is 34.2 Å². The minimum absolute atomic E-state index is 0. The topological polar surface area (TPSA) is 87.7 Å². The Bertz CT molecular complexity index is 513. The zero-order valence-corrected chi connectivity index (χ0v) is 19.1. The third-order valence-corrected chi connectivity index (χ3v) is 3.06. The Morgan fingerprint density at radius 2 is 1.69 bits per heavy atom. The van der Waals surface area contributed by atoms with E-state index in [0.717, 1.165) is 5.56 Å². The van der Waals surface area contributed by atoms with Gasteiger partial charge in [0, 0.05) is 51.2 Å². The number of hydrogen-bond donors (Lipinski definition) is 3. The molecular formula is C19H31N2O4Y-. The first kappa shape index (κ1) is 27.3. The minimum Gasteiger partial charge on any atom is -0.394 e. The zero-order chi connectivity index (χ0) is 19.3. The molecule has 26 heavy (non-hydrogen) atoms. The molecule has 1 aromatic rings. The first-order valence-electron chi connectivity index (χ1n) is 8.29. The Kier molecular flexibility index (Phi) is 15.9. The maximum Gasteiger partial charge on any atom is 0.225 e. The summed E-state index contributed by atoms with van der Waals surface area (Å²) in [6.07, 6.45) is 0. The Hall–Kier alpha value is -0.946. The van der Waals surface area contributed by atoms with Crippen LogP contribution in [0.3, 0.4) is 0 Å². The normalized spacial score (nSPS) is 10.0. The van der Waals surface area contributed by atoms with Gasteiger partial charge in [0.2, 0.25) is 5.91 Å². The van der Waals surface area contributed by atoms with E-state index in [4.69, 9.17) is 9.84 Å². The molecule has 1 rings (SSSR count). The molecule has 1 radical (unpaired) electrons. The number of amides is 2.